The van der Waals surface area contributed by atoms with E-state index in [0.29, 0.717) is 27.9 Å². The number of oxime groups is 2. The fraction of sp³-hybridized carbons (Fsp3) is 0.217. The zero-order valence-corrected chi connectivity index (χ0v) is 18.1. The Labute approximate surface area is 188 Å². The van der Waals surface area contributed by atoms with Gasteiger partial charge in [-0.05, 0) is 30.7 Å². The van der Waals surface area contributed by atoms with Crippen LogP contribution in [0.5, 0.6) is 0 Å². The number of benzene rings is 2. The fourth-order valence-electron chi connectivity index (χ4n) is 3.26. The SMILES string of the molecule is CO/N=C\c1cc(-c2ccccc2NC(=O)C2=CC(C)N=C2C(F)(F)F)ccc1/C=N/OC. The van der Waals surface area contributed by atoms with E-state index in [1.165, 1.54) is 39.6 Å². The molecule has 1 aliphatic rings. The number of para-hydroxylation sites is 1. The maximum atomic E-state index is 13.3. The molecule has 1 amide bonds. The second-order valence-electron chi connectivity index (χ2n) is 6.97. The molecule has 0 bridgehead atoms. The number of anilines is 1. The van der Waals surface area contributed by atoms with Crippen LogP contribution in [0.3, 0.4) is 0 Å². The van der Waals surface area contributed by atoms with E-state index in [2.05, 4.69) is 20.6 Å². The van der Waals surface area contributed by atoms with E-state index in [9.17, 15) is 18.0 Å². The normalized spacial score (nSPS) is 16.1. The van der Waals surface area contributed by atoms with Crippen LogP contribution in [0.4, 0.5) is 18.9 Å². The number of aliphatic imine (C=N–C) groups is 1. The summed E-state index contributed by atoms with van der Waals surface area (Å²) in [6, 6.07) is 11.4. The van der Waals surface area contributed by atoms with Crippen LogP contribution in [0.1, 0.15) is 18.1 Å². The first-order chi connectivity index (χ1) is 15.7. The Bertz CT molecular complexity index is 1150. The zero-order chi connectivity index (χ0) is 24.0. The van der Waals surface area contributed by atoms with Crippen molar-refractivity contribution in [2.75, 3.05) is 19.5 Å². The molecule has 172 valence electrons. The molecule has 0 radical (unpaired) electrons. The van der Waals surface area contributed by atoms with Crippen LogP contribution in [0.2, 0.25) is 0 Å². The zero-order valence-electron chi connectivity index (χ0n) is 18.1. The Kier molecular flexibility index (Phi) is 7.27. The molecule has 0 aromatic heterocycles. The van der Waals surface area contributed by atoms with Gasteiger partial charge >= 0.3 is 6.18 Å². The third-order valence-electron chi connectivity index (χ3n) is 4.68. The summed E-state index contributed by atoms with van der Waals surface area (Å²) in [6.07, 6.45) is -0.536. The van der Waals surface area contributed by atoms with Crippen LogP contribution < -0.4 is 5.32 Å². The first kappa shape index (κ1) is 23.7. The highest BCUT2D eigenvalue weighted by Gasteiger charge is 2.43. The summed E-state index contributed by atoms with van der Waals surface area (Å²) < 4.78 is 39.9. The lowest BCUT2D eigenvalue weighted by atomic mass is 9.98. The fourth-order valence-corrected chi connectivity index (χ4v) is 3.26. The highest BCUT2D eigenvalue weighted by Crippen LogP contribution is 2.32. The van der Waals surface area contributed by atoms with Gasteiger partial charge in [-0.2, -0.15) is 13.2 Å². The van der Waals surface area contributed by atoms with Crippen LogP contribution in [0.25, 0.3) is 11.1 Å². The molecule has 10 heteroatoms. The number of hydrogen-bond acceptors (Lipinski definition) is 6. The van der Waals surface area contributed by atoms with Crippen molar-refractivity contribution in [3.8, 4) is 11.1 Å². The van der Waals surface area contributed by atoms with E-state index in [1.54, 1.807) is 42.5 Å². The standard InChI is InChI=1S/C23H21F3N4O3/c1-14-10-19(21(29-14)23(24,25)26)22(31)30-20-7-5-4-6-18(20)15-8-9-16(12-27-32-2)17(11-15)13-28-33-3/h4-14H,1-3H3,(H,30,31)/b27-12+,28-13-. The van der Waals surface area contributed by atoms with Gasteiger partial charge in [0.2, 0.25) is 0 Å². The first-order valence-electron chi connectivity index (χ1n) is 9.79. The first-order valence-corrected chi connectivity index (χ1v) is 9.79. The third-order valence-corrected chi connectivity index (χ3v) is 4.68. The maximum absolute atomic E-state index is 13.3. The summed E-state index contributed by atoms with van der Waals surface area (Å²) in [6.45, 7) is 1.48. The number of nitrogens with zero attached hydrogens (tertiary/aromatic N) is 3. The number of hydrogen-bond donors (Lipinski definition) is 1. The lowest BCUT2D eigenvalue weighted by molar-refractivity contribution is -0.113. The van der Waals surface area contributed by atoms with Gasteiger partial charge in [0.25, 0.3) is 5.91 Å². The number of halogens is 3. The van der Waals surface area contributed by atoms with Crippen molar-refractivity contribution in [1.82, 2.24) is 0 Å². The van der Waals surface area contributed by atoms with Crippen LogP contribution in [0.15, 0.2) is 69.4 Å². The van der Waals surface area contributed by atoms with E-state index in [-0.39, 0.29) is 0 Å². The van der Waals surface area contributed by atoms with Crippen LogP contribution in [0, 0.1) is 0 Å². The van der Waals surface area contributed by atoms with E-state index in [1.807, 2.05) is 0 Å². The molecule has 33 heavy (non-hydrogen) atoms. The number of alkyl halides is 3. The van der Waals surface area contributed by atoms with Crippen LogP contribution >= 0.6 is 0 Å². The van der Waals surface area contributed by atoms with Crippen LogP contribution in [-0.2, 0) is 14.5 Å². The molecule has 0 saturated heterocycles. The van der Waals surface area contributed by atoms with Crippen molar-refractivity contribution in [3.63, 3.8) is 0 Å². The van der Waals surface area contributed by atoms with E-state index in [0.717, 1.165) is 0 Å². The molecule has 0 fully saturated rings. The minimum Gasteiger partial charge on any atom is -0.399 e. The van der Waals surface area contributed by atoms with E-state index >= 15 is 0 Å². The van der Waals surface area contributed by atoms with Gasteiger partial charge in [0.15, 0.2) is 5.71 Å². The number of carbonyl (C=O) groups excluding carboxylic acids is 1. The summed E-state index contributed by atoms with van der Waals surface area (Å²) >= 11 is 0. The largest absolute Gasteiger partial charge is 0.433 e. The number of carbonyl (C=O) groups is 1. The molecule has 2 aromatic carbocycles. The predicted octanol–water partition coefficient (Wildman–Crippen LogP) is 4.58. The summed E-state index contributed by atoms with van der Waals surface area (Å²) in [5, 5.41) is 10.1. The molecule has 7 nitrogen and oxygen atoms in total. The summed E-state index contributed by atoms with van der Waals surface area (Å²) in [4.78, 5) is 25.8. The smallest absolute Gasteiger partial charge is 0.399 e. The lowest BCUT2D eigenvalue weighted by Gasteiger charge is -2.14. The summed E-state index contributed by atoms with van der Waals surface area (Å²) in [5.74, 6) is -0.882. The average Bonchev–Trinajstić information content (AvgIpc) is 3.19. The van der Waals surface area contributed by atoms with Gasteiger partial charge < -0.3 is 15.0 Å². The minimum atomic E-state index is -4.72. The Balaban J connectivity index is 1.96. The van der Waals surface area contributed by atoms with Gasteiger partial charge in [0.1, 0.15) is 14.2 Å². The number of nitrogens with one attached hydrogen (secondary N) is 1. The molecule has 1 unspecified atom stereocenters. The van der Waals surface area contributed by atoms with Gasteiger partial charge in [-0.25, -0.2) is 0 Å². The molecule has 3 rings (SSSR count). The van der Waals surface area contributed by atoms with Gasteiger partial charge in [0.05, 0.1) is 24.0 Å². The van der Waals surface area contributed by atoms with Crippen molar-refractivity contribution in [2.24, 2.45) is 15.3 Å². The molecular formula is C23H21F3N4O3. The molecule has 1 aliphatic heterocycles. The van der Waals surface area contributed by atoms with Crippen molar-refractivity contribution >= 4 is 29.7 Å². The molecule has 0 spiro atoms. The molecule has 1 atom stereocenters. The van der Waals surface area contributed by atoms with Gasteiger partial charge in [-0.15, -0.1) is 0 Å². The molecule has 0 aliphatic carbocycles. The van der Waals surface area contributed by atoms with Crippen molar-refractivity contribution in [1.29, 1.82) is 0 Å². The Hall–Kier alpha value is -3.95. The van der Waals surface area contributed by atoms with E-state index < -0.39 is 29.4 Å². The molecule has 0 saturated carbocycles. The average molecular weight is 458 g/mol. The summed E-state index contributed by atoms with van der Waals surface area (Å²) in [7, 11) is 2.83. The predicted molar refractivity (Wildman–Crippen MR) is 121 cm³/mol. The monoisotopic (exact) mass is 458 g/mol. The summed E-state index contributed by atoms with van der Waals surface area (Å²) in [5.41, 5.74) is 1.31. The number of amides is 1. The lowest BCUT2D eigenvalue weighted by Crippen LogP contribution is -2.29. The highest BCUT2D eigenvalue weighted by atomic mass is 19.4. The third kappa shape index (κ3) is 5.65. The minimum absolute atomic E-state index is 0.345. The second-order valence-corrected chi connectivity index (χ2v) is 6.97. The van der Waals surface area contributed by atoms with Gasteiger partial charge in [-0.3, -0.25) is 9.79 Å². The molecule has 1 heterocycles. The molecule has 2 aromatic rings. The highest BCUT2D eigenvalue weighted by molar-refractivity contribution is 6.28. The quantitative estimate of drug-likeness (QED) is 0.487. The van der Waals surface area contributed by atoms with Crippen molar-refractivity contribution < 1.29 is 27.6 Å². The Morgan fingerprint density at radius 2 is 1.73 bits per heavy atom. The topological polar surface area (TPSA) is 84.6 Å². The van der Waals surface area contributed by atoms with E-state index in [4.69, 9.17) is 9.68 Å². The molecular weight excluding hydrogens is 437 g/mol. The van der Waals surface area contributed by atoms with Crippen LogP contribution in [-0.4, -0.2) is 50.5 Å². The van der Waals surface area contributed by atoms with Crippen molar-refractivity contribution in [2.45, 2.75) is 19.1 Å². The Morgan fingerprint density at radius 3 is 2.39 bits per heavy atom. The van der Waals surface area contributed by atoms with Gasteiger partial charge in [0, 0.05) is 22.4 Å². The maximum Gasteiger partial charge on any atom is 0.433 e. The number of rotatable bonds is 7. The van der Waals surface area contributed by atoms with Gasteiger partial charge in [-0.1, -0.05) is 40.6 Å². The van der Waals surface area contributed by atoms with Crippen molar-refractivity contribution in [3.05, 3.63) is 65.2 Å². The molecule has 1 N–H and O–H groups in total. The Morgan fingerprint density at radius 1 is 1.06 bits per heavy atom. The second kappa shape index (κ2) is 10.1.